The number of hydrogen-bond acceptors (Lipinski definition) is 6. The van der Waals surface area contributed by atoms with Crippen LogP contribution in [0.3, 0.4) is 0 Å². The largest absolute Gasteiger partial charge is 0.356 e. The minimum atomic E-state index is -0.113. The number of hydrogen-bond donors (Lipinski definition) is 4. The highest BCUT2D eigenvalue weighted by atomic mass is 33.1. The fourth-order valence-electron chi connectivity index (χ4n) is 3.23. The molecule has 0 saturated heterocycles. The third-order valence-corrected chi connectivity index (χ3v) is 7.06. The van der Waals surface area contributed by atoms with Gasteiger partial charge >= 0.3 is 0 Å². The number of amides is 2. The maximum absolute atomic E-state index is 12.2. The van der Waals surface area contributed by atoms with E-state index in [4.69, 9.17) is 0 Å². The van der Waals surface area contributed by atoms with E-state index >= 15 is 0 Å². The summed E-state index contributed by atoms with van der Waals surface area (Å²) in [7, 11) is 2.70. The average Bonchev–Trinajstić information content (AvgIpc) is 2.90. The summed E-state index contributed by atoms with van der Waals surface area (Å²) >= 11 is 0. The van der Waals surface area contributed by atoms with E-state index in [0.717, 1.165) is 34.1 Å². The summed E-state index contributed by atoms with van der Waals surface area (Å²) in [5.41, 5.74) is 5.35. The van der Waals surface area contributed by atoms with Gasteiger partial charge in [0, 0.05) is 34.1 Å². The maximum Gasteiger partial charge on any atom is 0.235 e. The van der Waals surface area contributed by atoms with Gasteiger partial charge in [-0.1, -0.05) is 58.0 Å². The molecule has 182 valence electrons. The zero-order valence-electron chi connectivity index (χ0n) is 19.4. The third-order valence-electron chi connectivity index (χ3n) is 4.93. The molecule has 0 aliphatic carbocycles. The fourth-order valence-corrected chi connectivity index (χ4v) is 4.90. The lowest BCUT2D eigenvalue weighted by atomic mass is 10.2. The van der Waals surface area contributed by atoms with Gasteiger partial charge in [0.15, 0.2) is 0 Å². The van der Waals surface area contributed by atoms with Crippen molar-refractivity contribution in [2.75, 3.05) is 32.8 Å². The Balaban J connectivity index is 1.12. The first kappa shape index (κ1) is 25.2. The Labute approximate surface area is 218 Å². The Bertz CT molecular complexity index is 1150. The van der Waals surface area contributed by atoms with Crippen molar-refractivity contribution in [3.63, 3.8) is 0 Å². The molecular formula is C28H26N4O2S2. The van der Waals surface area contributed by atoms with E-state index in [1.165, 1.54) is 21.6 Å². The van der Waals surface area contributed by atoms with E-state index in [1.54, 1.807) is 0 Å². The van der Waals surface area contributed by atoms with Gasteiger partial charge in [-0.05, 0) is 72.8 Å². The predicted octanol–water partition coefficient (Wildman–Crippen LogP) is 7.13. The van der Waals surface area contributed by atoms with Crippen LogP contribution >= 0.6 is 21.6 Å². The Hall–Kier alpha value is -3.88. The van der Waals surface area contributed by atoms with E-state index in [1.807, 2.05) is 109 Å². The minimum absolute atomic E-state index is 0.113. The van der Waals surface area contributed by atoms with Gasteiger partial charge in [0.2, 0.25) is 11.8 Å². The zero-order chi connectivity index (χ0) is 25.0. The van der Waals surface area contributed by atoms with Crippen molar-refractivity contribution >= 4 is 67.5 Å². The Morgan fingerprint density at radius 2 is 0.750 bits per heavy atom. The minimum Gasteiger partial charge on any atom is -0.356 e. The average molecular weight is 515 g/mol. The van der Waals surface area contributed by atoms with Crippen molar-refractivity contribution in [3.05, 3.63) is 109 Å². The quantitative estimate of drug-likeness (QED) is 0.126. The van der Waals surface area contributed by atoms with Gasteiger partial charge in [0.05, 0.1) is 11.5 Å². The van der Waals surface area contributed by atoms with Crippen molar-refractivity contribution in [3.8, 4) is 0 Å². The maximum atomic E-state index is 12.2. The number of carbonyl (C=O) groups is 2. The lowest BCUT2D eigenvalue weighted by Crippen LogP contribution is -2.15. The second kappa shape index (κ2) is 13.3. The molecule has 0 bridgehead atoms. The van der Waals surface area contributed by atoms with Crippen LogP contribution in [0, 0.1) is 0 Å². The number of nitrogens with one attached hydrogen (secondary N) is 4. The van der Waals surface area contributed by atoms with Gasteiger partial charge in [-0.15, -0.1) is 0 Å². The Kier molecular flexibility index (Phi) is 9.30. The summed E-state index contributed by atoms with van der Waals surface area (Å²) < 4.78 is 0. The molecule has 4 aromatic carbocycles. The van der Waals surface area contributed by atoms with Crippen molar-refractivity contribution in [2.45, 2.75) is 0 Å². The highest BCUT2D eigenvalue weighted by Crippen LogP contribution is 2.23. The van der Waals surface area contributed by atoms with E-state index in [2.05, 4.69) is 21.3 Å². The van der Waals surface area contributed by atoms with E-state index in [9.17, 15) is 9.59 Å². The molecule has 4 N–H and O–H groups in total. The molecule has 0 atom stereocenters. The van der Waals surface area contributed by atoms with Gasteiger partial charge < -0.3 is 21.3 Å². The first-order valence-corrected chi connectivity index (χ1v) is 13.8. The number of para-hydroxylation sites is 2. The van der Waals surface area contributed by atoms with Crippen molar-refractivity contribution in [1.82, 2.24) is 0 Å². The fraction of sp³-hybridized carbons (Fsp3) is 0.0714. The second-order valence-electron chi connectivity index (χ2n) is 7.76. The normalized spacial score (nSPS) is 10.3. The van der Waals surface area contributed by atoms with Crippen LogP contribution in [0.1, 0.15) is 0 Å². The van der Waals surface area contributed by atoms with Gasteiger partial charge in [0.25, 0.3) is 0 Å². The zero-order valence-corrected chi connectivity index (χ0v) is 21.1. The third kappa shape index (κ3) is 8.41. The Morgan fingerprint density at radius 3 is 1.11 bits per heavy atom. The van der Waals surface area contributed by atoms with Crippen molar-refractivity contribution < 1.29 is 9.59 Å². The first-order valence-electron chi connectivity index (χ1n) is 11.3. The molecule has 0 radical (unpaired) electrons. The highest BCUT2D eigenvalue weighted by molar-refractivity contribution is 8.77. The van der Waals surface area contributed by atoms with Crippen LogP contribution in [0.5, 0.6) is 0 Å². The standard InChI is InChI=1S/C28H26N4O2S2/c33-27(31-25-15-11-23(12-16-25)29-21-7-3-1-4-8-21)19-35-36-20-28(34)32-26-17-13-24(14-18-26)30-22-9-5-2-6-10-22/h1-18,29-30H,19-20H2,(H,31,33)(H,32,34). The molecule has 4 aromatic rings. The Morgan fingerprint density at radius 1 is 0.444 bits per heavy atom. The lowest BCUT2D eigenvalue weighted by molar-refractivity contribution is -0.114. The molecule has 6 nitrogen and oxygen atoms in total. The summed E-state index contributed by atoms with van der Waals surface area (Å²) in [6.07, 6.45) is 0. The van der Waals surface area contributed by atoms with Gasteiger partial charge in [0.1, 0.15) is 0 Å². The van der Waals surface area contributed by atoms with Crippen LogP contribution in [0.2, 0.25) is 0 Å². The predicted molar refractivity (Wildman–Crippen MR) is 155 cm³/mol. The molecular weight excluding hydrogens is 488 g/mol. The molecule has 4 rings (SSSR count). The molecule has 8 heteroatoms. The number of rotatable bonds is 11. The van der Waals surface area contributed by atoms with Crippen LogP contribution < -0.4 is 21.3 Å². The summed E-state index contributed by atoms with van der Waals surface area (Å²) in [6.45, 7) is 0. The molecule has 0 aromatic heterocycles. The van der Waals surface area contributed by atoms with Crippen molar-refractivity contribution in [2.24, 2.45) is 0 Å². The van der Waals surface area contributed by atoms with Gasteiger partial charge in [-0.2, -0.15) is 0 Å². The van der Waals surface area contributed by atoms with Gasteiger partial charge in [-0.3, -0.25) is 9.59 Å². The van der Waals surface area contributed by atoms with Gasteiger partial charge in [-0.25, -0.2) is 0 Å². The van der Waals surface area contributed by atoms with E-state index < -0.39 is 0 Å². The van der Waals surface area contributed by atoms with Crippen LogP contribution in [0.15, 0.2) is 109 Å². The van der Waals surface area contributed by atoms with Crippen LogP contribution in [-0.4, -0.2) is 23.3 Å². The second-order valence-corrected chi connectivity index (χ2v) is 10.2. The topological polar surface area (TPSA) is 82.3 Å². The number of anilines is 6. The molecule has 0 aliphatic heterocycles. The SMILES string of the molecule is O=C(CSSCC(=O)Nc1ccc(Nc2ccccc2)cc1)Nc1ccc(Nc2ccccc2)cc1. The van der Waals surface area contributed by atoms with E-state index in [-0.39, 0.29) is 23.3 Å². The molecule has 2 amide bonds. The first-order chi connectivity index (χ1) is 17.6. The number of carbonyl (C=O) groups excluding carboxylic acids is 2. The molecule has 0 aliphatic rings. The summed E-state index contributed by atoms with van der Waals surface area (Å²) in [4.78, 5) is 24.4. The molecule has 0 saturated carbocycles. The molecule has 0 spiro atoms. The lowest BCUT2D eigenvalue weighted by Gasteiger charge is -2.09. The van der Waals surface area contributed by atoms with E-state index in [0.29, 0.717) is 0 Å². The highest BCUT2D eigenvalue weighted by Gasteiger charge is 2.07. The van der Waals surface area contributed by atoms with Crippen LogP contribution in [-0.2, 0) is 9.59 Å². The molecule has 0 fully saturated rings. The molecule has 0 heterocycles. The monoisotopic (exact) mass is 514 g/mol. The molecule has 36 heavy (non-hydrogen) atoms. The van der Waals surface area contributed by atoms with Crippen LogP contribution in [0.25, 0.3) is 0 Å². The van der Waals surface area contributed by atoms with Crippen LogP contribution in [0.4, 0.5) is 34.1 Å². The summed E-state index contributed by atoms with van der Waals surface area (Å²) in [5.74, 6) is 0.278. The van der Waals surface area contributed by atoms with Crippen molar-refractivity contribution in [1.29, 1.82) is 0 Å². The smallest absolute Gasteiger partial charge is 0.235 e. The summed E-state index contributed by atoms with van der Waals surface area (Å²) in [5, 5.41) is 12.4. The number of benzene rings is 4. The summed E-state index contributed by atoms with van der Waals surface area (Å²) in [6, 6.07) is 34.9. The molecule has 0 unspecified atom stereocenters.